The van der Waals surface area contributed by atoms with Crippen LogP contribution in [0, 0.1) is 0 Å². The molecule has 4 heterocycles. The fourth-order valence-electron chi connectivity index (χ4n) is 16.0. The highest BCUT2D eigenvalue weighted by atomic mass is 15.2. The first-order valence-electron chi connectivity index (χ1n) is 33.2. The minimum atomic E-state index is -0.303. The lowest BCUT2D eigenvalue weighted by Gasteiger charge is -2.46. The molecular weight excluding hydrogens is 1150 g/mol. The second-order valence-corrected chi connectivity index (χ2v) is 26.8. The predicted octanol–water partition coefficient (Wildman–Crippen LogP) is 22.2. The van der Waals surface area contributed by atoms with Crippen LogP contribution in [0.1, 0.15) is 26.3 Å². The Hall–Kier alpha value is -11.9. The van der Waals surface area contributed by atoms with Crippen LogP contribution >= 0.6 is 0 Å². The average molecular weight is 1210 g/mol. The normalized spacial score (nSPS) is 12.7. The Labute approximate surface area is 553 Å². The summed E-state index contributed by atoms with van der Waals surface area (Å²) in [6.45, 7) is 6.94. The van der Waals surface area contributed by atoms with Crippen molar-refractivity contribution in [3.05, 3.63) is 333 Å². The molecule has 0 atom stereocenters. The molecule has 0 radical (unpaired) electrons. The summed E-state index contributed by atoms with van der Waals surface area (Å²) in [6.07, 6.45) is 0. The van der Waals surface area contributed by atoms with Crippen LogP contribution in [0.3, 0.4) is 0 Å². The van der Waals surface area contributed by atoms with Gasteiger partial charge < -0.3 is 18.9 Å². The van der Waals surface area contributed by atoms with Gasteiger partial charge in [0.25, 0.3) is 6.71 Å². The quantitative estimate of drug-likeness (QED) is 0.141. The molecule has 0 N–H and O–H groups in total. The van der Waals surface area contributed by atoms with Crippen molar-refractivity contribution in [2.75, 3.05) is 9.80 Å². The van der Waals surface area contributed by atoms with E-state index in [0.29, 0.717) is 0 Å². The van der Waals surface area contributed by atoms with Crippen LogP contribution in [0.25, 0.3) is 121 Å². The van der Waals surface area contributed by atoms with E-state index < -0.39 is 0 Å². The number of hydrogen-bond donors (Lipinski definition) is 0. The number of anilines is 6. The van der Waals surface area contributed by atoms with E-state index in [2.05, 4.69) is 367 Å². The lowest BCUT2D eigenvalue weighted by atomic mass is 9.33. The number of fused-ring (bicyclic) bond motifs is 12. The van der Waals surface area contributed by atoms with Gasteiger partial charge in [0.15, 0.2) is 0 Å². The zero-order chi connectivity index (χ0) is 63.0. The molecule has 0 aliphatic carbocycles. The van der Waals surface area contributed by atoms with Gasteiger partial charge in [0.05, 0.1) is 33.4 Å². The van der Waals surface area contributed by atoms with Crippen molar-refractivity contribution >= 4 is 122 Å². The molecule has 0 saturated carbocycles. The Morgan fingerprint density at radius 1 is 0.263 bits per heavy atom. The van der Waals surface area contributed by atoms with Gasteiger partial charge in [-0.15, -0.1) is 0 Å². The molecule has 0 spiro atoms. The molecule has 446 valence electrons. The maximum atomic E-state index is 2.69. The number of para-hydroxylation sites is 4. The van der Waals surface area contributed by atoms with E-state index in [1.807, 2.05) is 0 Å². The Balaban J connectivity index is 0.979. The molecule has 19 rings (SSSR count). The van der Waals surface area contributed by atoms with Crippen LogP contribution in [0.15, 0.2) is 328 Å². The van der Waals surface area contributed by atoms with Crippen LogP contribution in [0.2, 0.25) is 0 Å². The summed E-state index contributed by atoms with van der Waals surface area (Å²) in [5, 5.41) is 9.82. The molecule has 5 heteroatoms. The highest BCUT2D eigenvalue weighted by Gasteiger charge is 2.46. The second kappa shape index (κ2) is 21.3. The molecule has 0 fully saturated rings. The molecule has 2 aliphatic rings. The van der Waals surface area contributed by atoms with E-state index in [-0.39, 0.29) is 12.1 Å². The Kier molecular flexibility index (Phi) is 12.3. The summed E-state index contributed by atoms with van der Waals surface area (Å²) in [5.41, 5.74) is 27.6. The third-order valence-corrected chi connectivity index (χ3v) is 20.4. The van der Waals surface area contributed by atoms with E-state index in [1.165, 1.54) is 87.1 Å². The molecule has 0 unspecified atom stereocenters. The fourth-order valence-corrected chi connectivity index (χ4v) is 16.0. The van der Waals surface area contributed by atoms with Crippen molar-refractivity contribution in [1.29, 1.82) is 0 Å². The highest BCUT2D eigenvalue weighted by molar-refractivity contribution is 7.00. The van der Waals surface area contributed by atoms with Crippen molar-refractivity contribution in [3.8, 4) is 55.9 Å². The van der Waals surface area contributed by atoms with Gasteiger partial charge >= 0.3 is 0 Å². The lowest BCUT2D eigenvalue weighted by molar-refractivity contribution is 0.590. The van der Waals surface area contributed by atoms with Gasteiger partial charge in [0, 0.05) is 77.9 Å². The first-order chi connectivity index (χ1) is 46.8. The Morgan fingerprint density at radius 3 is 0.968 bits per heavy atom. The molecule has 4 nitrogen and oxygen atoms in total. The summed E-state index contributed by atoms with van der Waals surface area (Å²) in [5.74, 6) is 0. The maximum Gasteiger partial charge on any atom is 0.252 e. The summed E-state index contributed by atoms with van der Waals surface area (Å²) in [4.78, 5) is 5.39. The molecule has 0 amide bonds. The molecule has 15 aromatic carbocycles. The fraction of sp³-hybridized carbons (Fsp3) is 0.0444. The van der Waals surface area contributed by atoms with Crippen molar-refractivity contribution in [2.24, 2.45) is 0 Å². The molecule has 2 aromatic heterocycles. The van der Waals surface area contributed by atoms with E-state index >= 15 is 0 Å². The topological polar surface area (TPSA) is 16.3 Å². The molecule has 0 bridgehead atoms. The van der Waals surface area contributed by atoms with Crippen LogP contribution in [-0.4, -0.2) is 15.8 Å². The largest absolute Gasteiger partial charge is 0.310 e. The zero-order valence-electron chi connectivity index (χ0n) is 53.0. The smallest absolute Gasteiger partial charge is 0.252 e. The Bertz CT molecular complexity index is 5490. The van der Waals surface area contributed by atoms with Crippen molar-refractivity contribution in [1.82, 2.24) is 9.13 Å². The SMILES string of the molecule is CC(C)(C)c1cc2c3c(c1)N(c1c(-c4ccccc4)cccc1-c1ccccc1)c1cc(-n4c5ccccc5c5cc6ccccc6cc54)ccc1B3c1ccc(-n3c4ccccc4c4cc5ccccc5cc43)cc1N2c1c(-c2ccccc2)cccc1-c1ccccc1. The van der Waals surface area contributed by atoms with E-state index in [9.17, 15) is 0 Å². The molecule has 0 saturated heterocycles. The number of aromatic nitrogens is 2. The van der Waals surface area contributed by atoms with Crippen LogP contribution in [0.5, 0.6) is 0 Å². The van der Waals surface area contributed by atoms with Gasteiger partial charge in [0.1, 0.15) is 0 Å². The lowest BCUT2D eigenvalue weighted by Crippen LogP contribution is -2.61. The standard InChI is InChI=1S/C90H63BN4/c1-90(2,3)66-54-85-87-86(55-66)95(89-71(60-30-12-6-13-31-60)42-25-43-72(89)61-32-14-7-15-33-61)84-57-68(93-80-45-23-21-39-74(80)76-51-63-35-17-19-37-65(63)53-82(76)93)47-49-78(84)91(87)77-48-46-67(92-79-44-22-20-38-73(79)75-50-62-34-16-18-36-64(62)52-81(75)92)56-83(77)94(85)88-69(58-26-8-4-9-27-58)40-24-41-70(88)59-28-10-5-11-29-59/h4-57H,1-3H3. The minimum Gasteiger partial charge on any atom is -0.310 e. The summed E-state index contributed by atoms with van der Waals surface area (Å²) in [7, 11) is 0. The van der Waals surface area contributed by atoms with Crippen LogP contribution in [0.4, 0.5) is 34.1 Å². The number of hydrogen-bond acceptors (Lipinski definition) is 2. The van der Waals surface area contributed by atoms with E-state index in [1.54, 1.807) is 0 Å². The monoisotopic (exact) mass is 1210 g/mol. The van der Waals surface area contributed by atoms with E-state index in [0.717, 1.165) is 90.0 Å². The molecule has 2 aliphatic heterocycles. The molecular formula is C90H63BN4. The molecule has 17 aromatic rings. The van der Waals surface area contributed by atoms with Gasteiger partial charge in [-0.1, -0.05) is 276 Å². The van der Waals surface area contributed by atoms with Gasteiger partial charge in [-0.25, -0.2) is 0 Å². The minimum absolute atomic E-state index is 0.216. The van der Waals surface area contributed by atoms with Crippen molar-refractivity contribution in [2.45, 2.75) is 26.2 Å². The van der Waals surface area contributed by atoms with E-state index in [4.69, 9.17) is 0 Å². The first kappa shape index (κ1) is 54.8. The summed E-state index contributed by atoms with van der Waals surface area (Å²) < 4.78 is 5.04. The second-order valence-electron chi connectivity index (χ2n) is 26.8. The van der Waals surface area contributed by atoms with Gasteiger partial charge in [-0.3, -0.25) is 0 Å². The summed E-state index contributed by atoms with van der Waals surface area (Å²) >= 11 is 0. The van der Waals surface area contributed by atoms with Gasteiger partial charge in [-0.05, 0) is 144 Å². The van der Waals surface area contributed by atoms with Crippen LogP contribution in [-0.2, 0) is 5.41 Å². The number of benzene rings is 15. The third kappa shape index (κ3) is 8.55. The number of nitrogens with zero attached hydrogens (tertiary/aromatic N) is 4. The van der Waals surface area contributed by atoms with Crippen LogP contribution < -0.4 is 26.2 Å². The van der Waals surface area contributed by atoms with Crippen molar-refractivity contribution < 1.29 is 0 Å². The average Bonchev–Trinajstić information content (AvgIpc) is 0.879. The maximum absolute atomic E-state index is 2.69. The van der Waals surface area contributed by atoms with Gasteiger partial charge in [0.2, 0.25) is 0 Å². The van der Waals surface area contributed by atoms with Crippen molar-refractivity contribution in [3.63, 3.8) is 0 Å². The highest BCUT2D eigenvalue weighted by Crippen LogP contribution is 2.54. The Morgan fingerprint density at radius 2 is 0.600 bits per heavy atom. The predicted molar refractivity (Wildman–Crippen MR) is 405 cm³/mol. The zero-order valence-corrected chi connectivity index (χ0v) is 53.0. The first-order valence-corrected chi connectivity index (χ1v) is 33.2. The third-order valence-electron chi connectivity index (χ3n) is 20.4. The molecule has 95 heavy (non-hydrogen) atoms. The summed E-state index contributed by atoms with van der Waals surface area (Å²) in [6, 6.07) is 123. The van der Waals surface area contributed by atoms with Gasteiger partial charge in [-0.2, -0.15) is 0 Å². The number of rotatable bonds is 8.